The van der Waals surface area contributed by atoms with Crippen LogP contribution in [0.15, 0.2) is 23.0 Å². The van der Waals surface area contributed by atoms with Gasteiger partial charge in [-0.25, -0.2) is 4.39 Å². The van der Waals surface area contributed by atoms with E-state index < -0.39 is 64.1 Å². The normalized spacial score (nSPS) is 29.3. The van der Waals surface area contributed by atoms with Crippen molar-refractivity contribution < 1.29 is 39.2 Å². The smallest absolute Gasteiger partial charge is 0.202 e. The molecule has 5 rings (SSSR count). The molecule has 1 saturated carbocycles. The van der Waals surface area contributed by atoms with Crippen molar-refractivity contribution in [3.05, 3.63) is 39.7 Å². The van der Waals surface area contributed by atoms with Gasteiger partial charge in [0.25, 0.3) is 0 Å². The summed E-state index contributed by atoms with van der Waals surface area (Å²) in [6.07, 6.45) is -0.647. The highest BCUT2D eigenvalue weighted by molar-refractivity contribution is 6.25. The van der Waals surface area contributed by atoms with Crippen LogP contribution in [0.5, 0.6) is 5.75 Å². The number of phenols is 1. The maximum atomic E-state index is 14.0. The second kappa shape index (κ2) is 9.14. The molecule has 0 radical (unpaired) electrons. The number of alkyl halides is 1. The average Bonchev–Trinajstić information content (AvgIpc) is 2.81. The Labute approximate surface area is 225 Å². The van der Waals surface area contributed by atoms with E-state index in [9.17, 15) is 39.2 Å². The van der Waals surface area contributed by atoms with Crippen molar-refractivity contribution >= 4 is 28.8 Å². The third-order valence-electron chi connectivity index (χ3n) is 8.67. The number of carbonyl (C=O) groups excluding carboxylic acids is 3. The van der Waals surface area contributed by atoms with E-state index >= 15 is 0 Å². The molecule has 1 heterocycles. The van der Waals surface area contributed by atoms with Gasteiger partial charge >= 0.3 is 0 Å². The van der Waals surface area contributed by atoms with E-state index in [1.165, 1.54) is 4.90 Å². The van der Waals surface area contributed by atoms with Crippen LogP contribution in [0.4, 0.5) is 10.1 Å². The summed E-state index contributed by atoms with van der Waals surface area (Å²) in [5.41, 5.74) is -1.57. The number of ketones is 3. The number of hydrogen-bond acceptors (Lipinski definition) is 10. The number of Topliss-reactive ketones (excluding diaryl/α,β-unsaturated/α-hetero) is 3. The van der Waals surface area contributed by atoms with Crippen molar-refractivity contribution in [3.63, 3.8) is 0 Å². The topological polar surface area (TPSA) is 142 Å². The SMILES string of the molecule is CC(=O)C1=C(O)[C@@]2(O)C(=O)C3=C(O)c4c(O)c(CN5CC(F)C5)cc(N(C)C)c4C[C@H]3C[C@H]2[C@H](N(C)C)C1=O. The first kappa shape index (κ1) is 27.3. The Morgan fingerprint density at radius 2 is 1.79 bits per heavy atom. The lowest BCUT2D eigenvalue weighted by Crippen LogP contribution is -2.65. The van der Waals surface area contributed by atoms with Crippen LogP contribution in [0.1, 0.15) is 30.0 Å². The van der Waals surface area contributed by atoms with E-state index in [0.29, 0.717) is 16.8 Å². The summed E-state index contributed by atoms with van der Waals surface area (Å²) >= 11 is 0. The Bertz CT molecular complexity index is 1360. The quantitative estimate of drug-likeness (QED) is 0.402. The monoisotopic (exact) mass is 543 g/mol. The van der Waals surface area contributed by atoms with E-state index in [4.69, 9.17) is 0 Å². The second-order valence-electron chi connectivity index (χ2n) is 11.6. The number of phenolic OH excluding ortho intramolecular Hbond substituents is 1. The van der Waals surface area contributed by atoms with Gasteiger partial charge in [0.05, 0.1) is 11.6 Å². The van der Waals surface area contributed by atoms with Crippen molar-refractivity contribution in [2.75, 3.05) is 46.2 Å². The number of nitrogens with zero attached hydrogens (tertiary/aromatic N) is 3. The fraction of sp³-hybridized carbons (Fsp3) is 0.536. The highest BCUT2D eigenvalue weighted by Crippen LogP contribution is 2.54. The van der Waals surface area contributed by atoms with E-state index in [2.05, 4.69) is 0 Å². The number of aliphatic hydroxyl groups is 3. The van der Waals surface area contributed by atoms with Crippen LogP contribution in [0.25, 0.3) is 5.76 Å². The molecule has 0 spiro atoms. The van der Waals surface area contributed by atoms with Crippen LogP contribution in [-0.2, 0) is 27.3 Å². The lowest BCUT2D eigenvalue weighted by molar-refractivity contribution is -0.153. The molecule has 0 bridgehead atoms. The van der Waals surface area contributed by atoms with Crippen molar-refractivity contribution in [2.24, 2.45) is 11.8 Å². The van der Waals surface area contributed by atoms with Crippen molar-refractivity contribution in [1.82, 2.24) is 9.80 Å². The number of benzene rings is 1. The summed E-state index contributed by atoms with van der Waals surface area (Å²) in [7, 11) is 6.82. The number of fused-ring (bicyclic) bond motifs is 3. The van der Waals surface area contributed by atoms with Crippen LogP contribution in [0.2, 0.25) is 0 Å². The Morgan fingerprint density at radius 1 is 1.15 bits per heavy atom. The molecule has 1 aromatic carbocycles. The molecular formula is C28H34FN3O7. The van der Waals surface area contributed by atoms with Crippen LogP contribution < -0.4 is 4.90 Å². The molecule has 1 saturated heterocycles. The van der Waals surface area contributed by atoms with E-state index in [0.717, 1.165) is 6.92 Å². The van der Waals surface area contributed by atoms with Gasteiger partial charge in [0.15, 0.2) is 17.2 Å². The molecular weight excluding hydrogens is 509 g/mol. The lowest BCUT2D eigenvalue weighted by atomic mass is 9.57. The van der Waals surface area contributed by atoms with Gasteiger partial charge in [-0.05, 0) is 51.4 Å². The van der Waals surface area contributed by atoms with Crippen LogP contribution in [-0.4, -0.2) is 107 Å². The maximum absolute atomic E-state index is 14.0. The lowest BCUT2D eigenvalue weighted by Gasteiger charge is -2.50. The fourth-order valence-electron chi connectivity index (χ4n) is 6.84. The fourth-order valence-corrected chi connectivity index (χ4v) is 6.84. The first-order valence-electron chi connectivity index (χ1n) is 13.0. The summed E-state index contributed by atoms with van der Waals surface area (Å²) in [6, 6.07) is 0.734. The molecule has 1 aliphatic heterocycles. The largest absolute Gasteiger partial charge is 0.508 e. The van der Waals surface area contributed by atoms with Gasteiger partial charge in [0.2, 0.25) is 5.78 Å². The zero-order chi connectivity index (χ0) is 28.7. The molecule has 0 amide bonds. The number of likely N-dealkylation sites (N-methyl/N-ethyl adjacent to an activating group) is 1. The van der Waals surface area contributed by atoms with Crippen LogP contribution in [0.3, 0.4) is 0 Å². The standard InChI is InChI=1S/C28H34FN3O7/c1-12(33)19-25(36)22(31(4)5)17-7-13-6-16-18(30(2)3)8-14(9-32-10-15(29)11-32)23(34)21(16)24(35)20(13)27(38)28(17,39)26(19)37/h8,13,15,17,22,34-35,37,39H,6-7,9-11H2,1-5H3/t13-,17-,22-,28+/m0/s1. The number of halogens is 1. The molecule has 210 valence electrons. The molecule has 39 heavy (non-hydrogen) atoms. The number of carbonyl (C=O) groups is 3. The molecule has 3 aliphatic carbocycles. The number of likely N-dealkylation sites (tertiary alicyclic amines) is 1. The molecule has 4 N–H and O–H groups in total. The number of anilines is 1. The number of aliphatic hydroxyl groups excluding tert-OH is 2. The van der Waals surface area contributed by atoms with E-state index in [1.54, 1.807) is 20.2 Å². The zero-order valence-electron chi connectivity index (χ0n) is 22.7. The molecule has 0 aromatic heterocycles. The summed E-state index contributed by atoms with van der Waals surface area (Å²) in [6.45, 7) is 1.77. The number of hydrogen-bond donors (Lipinski definition) is 4. The molecule has 11 heteroatoms. The molecule has 2 fully saturated rings. The van der Waals surface area contributed by atoms with Gasteiger partial charge in [-0.3, -0.25) is 24.2 Å². The van der Waals surface area contributed by atoms with Gasteiger partial charge in [-0.15, -0.1) is 0 Å². The summed E-state index contributed by atoms with van der Waals surface area (Å²) in [5.74, 6) is -5.89. The summed E-state index contributed by atoms with van der Waals surface area (Å²) < 4.78 is 13.4. The van der Waals surface area contributed by atoms with Gasteiger partial charge in [-0.2, -0.15) is 0 Å². The van der Waals surface area contributed by atoms with Gasteiger partial charge in [0, 0.05) is 56.5 Å². The first-order chi connectivity index (χ1) is 18.2. The van der Waals surface area contributed by atoms with Gasteiger partial charge < -0.3 is 25.3 Å². The van der Waals surface area contributed by atoms with E-state index in [-0.39, 0.29) is 49.4 Å². The van der Waals surface area contributed by atoms with Gasteiger partial charge in [-0.1, -0.05) is 0 Å². The highest BCUT2D eigenvalue weighted by atomic mass is 19.1. The highest BCUT2D eigenvalue weighted by Gasteiger charge is 2.64. The van der Waals surface area contributed by atoms with Gasteiger partial charge in [0.1, 0.15) is 29.0 Å². The predicted molar refractivity (Wildman–Crippen MR) is 140 cm³/mol. The predicted octanol–water partition coefficient (Wildman–Crippen LogP) is 1.29. The third-order valence-corrected chi connectivity index (χ3v) is 8.67. The molecule has 0 unspecified atom stereocenters. The average molecular weight is 544 g/mol. The third kappa shape index (κ3) is 3.81. The minimum Gasteiger partial charge on any atom is -0.508 e. The van der Waals surface area contributed by atoms with Crippen molar-refractivity contribution in [3.8, 4) is 5.75 Å². The summed E-state index contributed by atoms with van der Waals surface area (Å²) in [5, 5.41) is 45.6. The Balaban J connectivity index is 1.70. The molecule has 10 nitrogen and oxygen atoms in total. The molecule has 4 atom stereocenters. The Morgan fingerprint density at radius 3 is 2.33 bits per heavy atom. The number of rotatable bonds is 5. The first-order valence-corrected chi connectivity index (χ1v) is 13.0. The second-order valence-corrected chi connectivity index (χ2v) is 11.6. The van der Waals surface area contributed by atoms with Crippen LogP contribution in [0, 0.1) is 11.8 Å². The molecule has 1 aromatic rings. The Kier molecular flexibility index (Phi) is 6.40. The van der Waals surface area contributed by atoms with Crippen molar-refractivity contribution in [2.45, 2.75) is 44.1 Å². The van der Waals surface area contributed by atoms with Crippen molar-refractivity contribution in [1.29, 1.82) is 0 Å². The minimum atomic E-state index is -2.60. The zero-order valence-corrected chi connectivity index (χ0v) is 22.7. The Hall–Kier alpha value is -3.28. The number of aromatic hydroxyl groups is 1. The molecule has 4 aliphatic rings. The maximum Gasteiger partial charge on any atom is 0.202 e. The van der Waals surface area contributed by atoms with Crippen LogP contribution >= 0.6 is 0 Å². The van der Waals surface area contributed by atoms with E-state index in [1.807, 2.05) is 23.9 Å². The minimum absolute atomic E-state index is 0.0569. The summed E-state index contributed by atoms with van der Waals surface area (Å²) in [4.78, 5) is 44.8.